The van der Waals surface area contributed by atoms with Crippen molar-refractivity contribution in [3.63, 3.8) is 0 Å². The van der Waals surface area contributed by atoms with Gasteiger partial charge in [-0.2, -0.15) is 10.4 Å². The topological polar surface area (TPSA) is 107 Å². The van der Waals surface area contributed by atoms with Gasteiger partial charge in [0.1, 0.15) is 28.8 Å². The second-order valence-corrected chi connectivity index (χ2v) is 6.57. The lowest BCUT2D eigenvalue weighted by molar-refractivity contribution is -0.892. The van der Waals surface area contributed by atoms with Gasteiger partial charge in [-0.1, -0.05) is 0 Å². The Bertz CT molecular complexity index is 1330. The van der Waals surface area contributed by atoms with Crippen LogP contribution in [-0.4, -0.2) is 16.1 Å². The number of ether oxygens (including phenoxy) is 1. The van der Waals surface area contributed by atoms with Crippen LogP contribution < -0.4 is 20.1 Å². The van der Waals surface area contributed by atoms with E-state index in [9.17, 15) is 18.0 Å². The summed E-state index contributed by atoms with van der Waals surface area (Å²) in [6.45, 7) is 0. The summed E-state index contributed by atoms with van der Waals surface area (Å²) in [7, 11) is 0. The van der Waals surface area contributed by atoms with Crippen LogP contribution in [0, 0.1) is 11.3 Å². The number of aromatic nitrogens is 3. The van der Waals surface area contributed by atoms with Gasteiger partial charge in [-0.25, -0.2) is 9.78 Å². The minimum Gasteiger partial charge on any atom is -0.457 e. The Balaban J connectivity index is 1.39. The summed E-state index contributed by atoms with van der Waals surface area (Å²) in [5.41, 5.74) is 1.30. The van der Waals surface area contributed by atoms with Gasteiger partial charge in [0, 0.05) is 23.6 Å². The third kappa shape index (κ3) is 4.76. The molecule has 0 saturated carbocycles. The van der Waals surface area contributed by atoms with Gasteiger partial charge in [-0.3, -0.25) is 0 Å². The molecule has 8 nitrogen and oxygen atoms in total. The number of nitrogens with zero attached hydrogens (tertiary/aromatic N) is 3. The van der Waals surface area contributed by atoms with Gasteiger partial charge in [0.05, 0.1) is 5.39 Å². The second kappa shape index (κ2) is 8.27. The van der Waals surface area contributed by atoms with Gasteiger partial charge in [0.25, 0.3) is 0 Å². The number of rotatable bonds is 4. The number of fused-ring (bicyclic) bond motifs is 1. The highest BCUT2D eigenvalue weighted by Crippen LogP contribution is 2.24. The van der Waals surface area contributed by atoms with Crippen molar-refractivity contribution < 1.29 is 27.4 Å². The van der Waals surface area contributed by atoms with Gasteiger partial charge < -0.3 is 15.4 Å². The molecule has 0 spiro atoms. The summed E-state index contributed by atoms with van der Waals surface area (Å²) >= 11 is 0. The standard InChI is InChI=1S/C21H13F3N6O2/c22-21(23,24)30-12-13-9-15(3-6-19(13)29-30)28-20(31)27-14-1-4-17(5-2-14)32-18-7-8-26-16(10-18)11-25/h1-10,12H,(H2,27,28,31)/p+1. The van der Waals surface area contributed by atoms with Crippen LogP contribution in [0.15, 0.2) is 67.0 Å². The fraction of sp³-hybridized carbons (Fsp3) is 0.0476. The van der Waals surface area contributed by atoms with Crippen LogP contribution in [0.4, 0.5) is 29.3 Å². The van der Waals surface area contributed by atoms with Crippen molar-refractivity contribution in [3.8, 4) is 17.6 Å². The van der Waals surface area contributed by atoms with Crippen LogP contribution >= 0.6 is 0 Å². The number of carbonyl (C=O) groups excluding carboxylic acids is 1. The Labute approximate surface area is 178 Å². The zero-order valence-corrected chi connectivity index (χ0v) is 16.1. The van der Waals surface area contributed by atoms with E-state index in [0.29, 0.717) is 22.9 Å². The smallest absolute Gasteiger partial charge is 0.457 e. The number of pyridine rings is 1. The van der Waals surface area contributed by atoms with Crippen LogP contribution in [0.25, 0.3) is 10.9 Å². The fourth-order valence-corrected chi connectivity index (χ4v) is 2.86. The maximum absolute atomic E-state index is 12.8. The molecular formula is C21H14F3N6O2+. The molecule has 0 radical (unpaired) electrons. The van der Waals surface area contributed by atoms with Gasteiger partial charge in [0.15, 0.2) is 0 Å². The minimum atomic E-state index is -4.56. The molecule has 3 N–H and O–H groups in total. The maximum Gasteiger partial charge on any atom is 0.660 e. The second-order valence-electron chi connectivity index (χ2n) is 6.57. The van der Waals surface area contributed by atoms with Crippen molar-refractivity contribution in [2.75, 3.05) is 10.6 Å². The molecule has 2 aromatic heterocycles. The number of nitrogens with one attached hydrogen (secondary N) is 3. The molecule has 2 aromatic carbocycles. The molecule has 0 aliphatic heterocycles. The summed E-state index contributed by atoms with van der Waals surface area (Å²) in [6.07, 6.45) is -2.20. The predicted molar refractivity (Wildman–Crippen MR) is 108 cm³/mol. The minimum absolute atomic E-state index is 0.0399. The van der Waals surface area contributed by atoms with Crippen molar-refractivity contribution in [1.29, 1.82) is 5.26 Å². The van der Waals surface area contributed by atoms with Crippen molar-refractivity contribution in [2.24, 2.45) is 0 Å². The first-order chi connectivity index (χ1) is 15.3. The van der Waals surface area contributed by atoms with Gasteiger partial charge in [-0.05, 0) is 53.2 Å². The molecule has 160 valence electrons. The van der Waals surface area contributed by atoms with Gasteiger partial charge in [-0.15, -0.1) is 13.2 Å². The van der Waals surface area contributed by atoms with E-state index < -0.39 is 12.3 Å². The molecule has 0 saturated heterocycles. The highest BCUT2D eigenvalue weighted by molar-refractivity contribution is 6.00. The monoisotopic (exact) mass is 439 g/mol. The first kappa shape index (κ1) is 20.7. The lowest BCUT2D eigenvalue weighted by atomic mass is 10.2. The molecule has 0 aliphatic carbocycles. The van der Waals surface area contributed by atoms with Crippen molar-refractivity contribution in [2.45, 2.75) is 6.30 Å². The lowest BCUT2D eigenvalue weighted by Crippen LogP contribution is -2.48. The number of urea groups is 1. The number of hydrogen-bond donors (Lipinski definition) is 3. The normalized spacial score (nSPS) is 11.1. The molecule has 0 atom stereocenters. The molecule has 4 aromatic rings. The maximum atomic E-state index is 12.8. The Morgan fingerprint density at radius 3 is 2.47 bits per heavy atom. The Hall–Kier alpha value is -4.59. The molecule has 4 rings (SSSR count). The molecule has 32 heavy (non-hydrogen) atoms. The summed E-state index contributed by atoms with van der Waals surface area (Å²) < 4.78 is 44.1. The van der Waals surface area contributed by atoms with E-state index in [0.717, 1.165) is 6.20 Å². The number of halogens is 3. The van der Waals surface area contributed by atoms with Crippen LogP contribution in [0.5, 0.6) is 11.5 Å². The lowest BCUT2D eigenvalue weighted by Gasteiger charge is -2.09. The van der Waals surface area contributed by atoms with E-state index in [1.807, 2.05) is 6.07 Å². The van der Waals surface area contributed by atoms with Crippen molar-refractivity contribution >= 4 is 28.3 Å². The van der Waals surface area contributed by atoms with Crippen molar-refractivity contribution in [3.05, 3.63) is 72.7 Å². The number of nitriles is 1. The number of hydrogen-bond acceptors (Lipinski definition) is 4. The summed E-state index contributed by atoms with van der Waals surface area (Å²) in [5, 5.41) is 16.6. The SMILES string of the molecule is N#Cc1cc(Oc2ccc(NC(=O)Nc3ccc4[nH][n+](C(F)(F)F)cc4c3)cc2)ccn1. The third-order valence-electron chi connectivity index (χ3n) is 4.29. The Morgan fingerprint density at radius 1 is 1.03 bits per heavy atom. The Kier molecular flexibility index (Phi) is 5.34. The Morgan fingerprint density at radius 2 is 1.75 bits per heavy atom. The van der Waals surface area contributed by atoms with E-state index in [2.05, 4.69) is 20.7 Å². The highest BCUT2D eigenvalue weighted by Gasteiger charge is 2.43. The molecule has 0 fully saturated rings. The van der Waals surface area contributed by atoms with Crippen LogP contribution in [-0.2, 0) is 6.30 Å². The first-order valence-electron chi connectivity index (χ1n) is 9.14. The van der Waals surface area contributed by atoms with Crippen molar-refractivity contribution in [1.82, 2.24) is 10.1 Å². The molecule has 11 heteroatoms. The molecule has 2 amide bonds. The van der Waals surface area contributed by atoms with E-state index >= 15 is 0 Å². The summed E-state index contributed by atoms with van der Waals surface area (Å²) in [4.78, 5) is 16.1. The summed E-state index contributed by atoms with van der Waals surface area (Å²) in [5.74, 6) is 0.934. The third-order valence-corrected chi connectivity index (χ3v) is 4.29. The van der Waals surface area contributed by atoms with Crippen LogP contribution in [0.1, 0.15) is 5.69 Å². The number of H-pyrrole nitrogens is 1. The van der Waals surface area contributed by atoms with E-state index in [-0.39, 0.29) is 21.3 Å². The molecular weight excluding hydrogens is 425 g/mol. The zero-order chi connectivity index (χ0) is 22.7. The number of carbonyl (C=O) groups is 1. The van der Waals surface area contributed by atoms with E-state index in [1.165, 1.54) is 30.5 Å². The number of anilines is 2. The number of alkyl halides is 3. The molecule has 0 bridgehead atoms. The van der Waals surface area contributed by atoms with E-state index in [4.69, 9.17) is 10.00 Å². The van der Waals surface area contributed by atoms with Gasteiger partial charge in [0.2, 0.25) is 6.20 Å². The number of amides is 2. The fourth-order valence-electron chi connectivity index (χ4n) is 2.86. The molecule has 2 heterocycles. The molecule has 0 unspecified atom stereocenters. The van der Waals surface area contributed by atoms with Crippen LogP contribution in [0.2, 0.25) is 0 Å². The average molecular weight is 439 g/mol. The largest absolute Gasteiger partial charge is 0.660 e. The quantitative estimate of drug-likeness (QED) is 0.403. The zero-order valence-electron chi connectivity index (χ0n) is 16.1. The molecule has 0 aliphatic rings. The number of benzene rings is 2. The number of aromatic amines is 1. The van der Waals surface area contributed by atoms with Crippen LogP contribution in [0.3, 0.4) is 0 Å². The van der Waals surface area contributed by atoms with E-state index in [1.54, 1.807) is 30.3 Å². The predicted octanol–water partition coefficient (Wildman–Crippen LogP) is 4.63. The average Bonchev–Trinajstić information content (AvgIpc) is 3.19. The summed E-state index contributed by atoms with van der Waals surface area (Å²) in [6, 6.07) is 15.3. The highest BCUT2D eigenvalue weighted by atomic mass is 19.4. The van der Waals surface area contributed by atoms with Gasteiger partial charge >= 0.3 is 12.3 Å². The first-order valence-corrected chi connectivity index (χ1v) is 9.14.